The van der Waals surface area contributed by atoms with Gasteiger partial charge in [0.1, 0.15) is 5.75 Å². The van der Waals surface area contributed by atoms with Gasteiger partial charge in [0, 0.05) is 19.6 Å². The molecule has 0 aliphatic carbocycles. The standard InChI is InChI=1S/C20H27N3O2/c1-15-6-3-7-16(2)19(15)25-11-5-10-22-20(24)23-14-18-9-4-8-17(12-18)13-21/h3-4,6-9,12H,5,10-11,13-14,21H2,1-2H3,(H2,22,23,24). The van der Waals surface area contributed by atoms with Gasteiger partial charge in [0.25, 0.3) is 0 Å². The Hall–Kier alpha value is -2.53. The van der Waals surface area contributed by atoms with Gasteiger partial charge in [-0.1, -0.05) is 42.5 Å². The molecule has 0 saturated carbocycles. The van der Waals surface area contributed by atoms with Gasteiger partial charge in [-0.05, 0) is 42.5 Å². The molecule has 0 heterocycles. The number of hydrogen-bond acceptors (Lipinski definition) is 3. The Labute approximate surface area is 149 Å². The second-order valence-corrected chi connectivity index (χ2v) is 6.06. The maximum atomic E-state index is 11.8. The first-order valence-corrected chi connectivity index (χ1v) is 8.58. The molecule has 4 N–H and O–H groups in total. The number of hydrogen-bond donors (Lipinski definition) is 3. The molecule has 0 fully saturated rings. The van der Waals surface area contributed by atoms with Gasteiger partial charge in [-0.2, -0.15) is 0 Å². The van der Waals surface area contributed by atoms with E-state index in [2.05, 4.69) is 10.6 Å². The molecule has 2 aromatic rings. The van der Waals surface area contributed by atoms with Crippen LogP contribution in [-0.2, 0) is 13.1 Å². The van der Waals surface area contributed by atoms with Crippen molar-refractivity contribution in [3.63, 3.8) is 0 Å². The Balaban J connectivity index is 1.64. The Morgan fingerprint density at radius 3 is 2.44 bits per heavy atom. The first kappa shape index (κ1) is 18.8. The molecule has 2 aromatic carbocycles. The van der Waals surface area contributed by atoms with Gasteiger partial charge in [0.05, 0.1) is 6.61 Å². The summed E-state index contributed by atoms with van der Waals surface area (Å²) < 4.78 is 5.82. The third kappa shape index (κ3) is 6.12. The fraction of sp³-hybridized carbons (Fsp3) is 0.350. The van der Waals surface area contributed by atoms with E-state index in [1.54, 1.807) is 0 Å². The third-order valence-corrected chi connectivity index (χ3v) is 3.94. The molecule has 0 aliphatic heterocycles. The van der Waals surface area contributed by atoms with E-state index in [-0.39, 0.29) is 6.03 Å². The number of aryl methyl sites for hydroxylation is 2. The number of benzene rings is 2. The quantitative estimate of drug-likeness (QED) is 0.646. The molecule has 0 radical (unpaired) electrons. The maximum Gasteiger partial charge on any atom is 0.315 e. The van der Waals surface area contributed by atoms with Crippen molar-refractivity contribution < 1.29 is 9.53 Å². The van der Waals surface area contributed by atoms with E-state index < -0.39 is 0 Å². The highest BCUT2D eigenvalue weighted by Gasteiger charge is 2.04. The molecular weight excluding hydrogens is 314 g/mol. The second-order valence-electron chi connectivity index (χ2n) is 6.06. The van der Waals surface area contributed by atoms with E-state index in [0.29, 0.717) is 26.2 Å². The molecule has 0 saturated heterocycles. The molecule has 2 rings (SSSR count). The summed E-state index contributed by atoms with van der Waals surface area (Å²) in [6.07, 6.45) is 0.754. The normalized spacial score (nSPS) is 10.4. The number of urea groups is 1. The highest BCUT2D eigenvalue weighted by molar-refractivity contribution is 5.73. The van der Waals surface area contributed by atoms with Crippen molar-refractivity contribution in [1.82, 2.24) is 10.6 Å². The third-order valence-electron chi connectivity index (χ3n) is 3.94. The zero-order valence-corrected chi connectivity index (χ0v) is 15.0. The fourth-order valence-electron chi connectivity index (χ4n) is 2.59. The van der Waals surface area contributed by atoms with Gasteiger partial charge in [0.15, 0.2) is 0 Å². The van der Waals surface area contributed by atoms with Crippen molar-refractivity contribution in [1.29, 1.82) is 0 Å². The lowest BCUT2D eigenvalue weighted by Gasteiger charge is -2.12. The molecule has 0 atom stereocenters. The van der Waals surface area contributed by atoms with Crippen molar-refractivity contribution in [2.75, 3.05) is 13.2 Å². The van der Waals surface area contributed by atoms with Gasteiger partial charge >= 0.3 is 6.03 Å². The average Bonchev–Trinajstić information content (AvgIpc) is 2.62. The number of nitrogens with two attached hydrogens (primary N) is 1. The summed E-state index contributed by atoms with van der Waals surface area (Å²) in [4.78, 5) is 11.8. The number of para-hydroxylation sites is 1. The van der Waals surface area contributed by atoms with Gasteiger partial charge in [-0.3, -0.25) is 0 Å². The van der Waals surface area contributed by atoms with Crippen LogP contribution in [0.25, 0.3) is 0 Å². The molecule has 0 aliphatic rings. The topological polar surface area (TPSA) is 76.4 Å². The summed E-state index contributed by atoms with van der Waals surface area (Å²) in [6.45, 7) is 6.20. The Bertz CT molecular complexity index is 681. The van der Waals surface area contributed by atoms with Crippen LogP contribution in [0.4, 0.5) is 4.79 Å². The van der Waals surface area contributed by atoms with E-state index in [1.807, 2.05) is 56.3 Å². The van der Waals surface area contributed by atoms with Crippen LogP contribution in [-0.4, -0.2) is 19.2 Å². The number of carbonyl (C=O) groups excluding carboxylic acids is 1. The van der Waals surface area contributed by atoms with Crippen LogP contribution in [0, 0.1) is 13.8 Å². The minimum Gasteiger partial charge on any atom is -0.493 e. The van der Waals surface area contributed by atoms with E-state index in [1.165, 1.54) is 0 Å². The zero-order chi connectivity index (χ0) is 18.1. The molecular formula is C20H27N3O2. The SMILES string of the molecule is Cc1cccc(C)c1OCCCNC(=O)NCc1cccc(CN)c1. The first-order valence-electron chi connectivity index (χ1n) is 8.58. The number of carbonyl (C=O) groups is 1. The minimum atomic E-state index is -0.176. The fourth-order valence-corrected chi connectivity index (χ4v) is 2.59. The van der Waals surface area contributed by atoms with Crippen molar-refractivity contribution >= 4 is 6.03 Å². The molecule has 2 amide bonds. The number of ether oxygens (including phenoxy) is 1. The summed E-state index contributed by atoms with van der Waals surface area (Å²) in [5, 5.41) is 5.69. The van der Waals surface area contributed by atoms with E-state index >= 15 is 0 Å². The van der Waals surface area contributed by atoms with Crippen LogP contribution in [0.3, 0.4) is 0 Å². The van der Waals surface area contributed by atoms with Crippen molar-refractivity contribution in [2.45, 2.75) is 33.4 Å². The molecule has 0 bridgehead atoms. The van der Waals surface area contributed by atoms with Crippen LogP contribution in [0.1, 0.15) is 28.7 Å². The second kappa shape index (κ2) is 9.69. The van der Waals surface area contributed by atoms with Gasteiger partial charge < -0.3 is 21.1 Å². The molecule has 134 valence electrons. The summed E-state index contributed by atoms with van der Waals surface area (Å²) in [5.74, 6) is 0.937. The van der Waals surface area contributed by atoms with Crippen LogP contribution in [0.15, 0.2) is 42.5 Å². The lowest BCUT2D eigenvalue weighted by molar-refractivity contribution is 0.238. The van der Waals surface area contributed by atoms with E-state index in [9.17, 15) is 4.79 Å². The van der Waals surface area contributed by atoms with Gasteiger partial charge in [-0.25, -0.2) is 4.79 Å². The molecule has 0 unspecified atom stereocenters. The number of nitrogens with one attached hydrogen (secondary N) is 2. The van der Waals surface area contributed by atoms with Crippen LogP contribution < -0.4 is 21.1 Å². The van der Waals surface area contributed by atoms with Crippen molar-refractivity contribution in [3.8, 4) is 5.75 Å². The summed E-state index contributed by atoms with van der Waals surface area (Å²) in [6, 6.07) is 13.8. The summed E-state index contributed by atoms with van der Waals surface area (Å²) in [5.41, 5.74) is 9.98. The van der Waals surface area contributed by atoms with Crippen LogP contribution >= 0.6 is 0 Å². The van der Waals surface area contributed by atoms with Crippen LogP contribution in [0.2, 0.25) is 0 Å². The molecule has 5 nitrogen and oxygen atoms in total. The summed E-state index contributed by atoms with van der Waals surface area (Å²) in [7, 11) is 0. The largest absolute Gasteiger partial charge is 0.493 e. The van der Waals surface area contributed by atoms with Gasteiger partial charge in [-0.15, -0.1) is 0 Å². The predicted molar refractivity (Wildman–Crippen MR) is 101 cm³/mol. The number of rotatable bonds is 8. The highest BCUT2D eigenvalue weighted by atomic mass is 16.5. The Kier molecular flexibility index (Phi) is 7.29. The maximum absolute atomic E-state index is 11.8. The lowest BCUT2D eigenvalue weighted by Crippen LogP contribution is -2.36. The smallest absolute Gasteiger partial charge is 0.315 e. The van der Waals surface area contributed by atoms with Gasteiger partial charge in [0.2, 0.25) is 0 Å². The molecule has 5 heteroatoms. The molecule has 0 aromatic heterocycles. The van der Waals surface area contributed by atoms with Crippen LogP contribution in [0.5, 0.6) is 5.75 Å². The Morgan fingerprint density at radius 2 is 1.72 bits per heavy atom. The number of amides is 2. The predicted octanol–water partition coefficient (Wildman–Crippen LogP) is 3.03. The van der Waals surface area contributed by atoms with Crippen molar-refractivity contribution in [3.05, 3.63) is 64.7 Å². The highest BCUT2D eigenvalue weighted by Crippen LogP contribution is 2.22. The van der Waals surface area contributed by atoms with Crippen molar-refractivity contribution in [2.24, 2.45) is 5.73 Å². The monoisotopic (exact) mass is 341 g/mol. The van der Waals surface area contributed by atoms with E-state index in [4.69, 9.17) is 10.5 Å². The lowest BCUT2D eigenvalue weighted by atomic mass is 10.1. The molecule has 0 spiro atoms. The minimum absolute atomic E-state index is 0.176. The zero-order valence-electron chi connectivity index (χ0n) is 15.0. The average molecular weight is 341 g/mol. The van der Waals surface area contributed by atoms with E-state index in [0.717, 1.165) is 34.4 Å². The summed E-state index contributed by atoms with van der Waals surface area (Å²) >= 11 is 0. The molecule has 25 heavy (non-hydrogen) atoms. The Morgan fingerprint density at radius 1 is 1.04 bits per heavy atom. The first-order chi connectivity index (χ1) is 12.1.